The molecule has 1 aliphatic rings. The lowest BCUT2D eigenvalue weighted by molar-refractivity contribution is -0.394. The van der Waals surface area contributed by atoms with Crippen LogP contribution >= 0.6 is 0 Å². The highest BCUT2D eigenvalue weighted by molar-refractivity contribution is 5.49. The minimum atomic E-state index is -0.630. The average molecular weight is 294 g/mol. The summed E-state index contributed by atoms with van der Waals surface area (Å²) in [6.45, 7) is 3.98. The molecular formula is C13H18N4O4. The van der Waals surface area contributed by atoms with Crippen molar-refractivity contribution in [3.8, 4) is 0 Å². The second-order valence-electron chi connectivity index (χ2n) is 5.49. The van der Waals surface area contributed by atoms with Gasteiger partial charge in [0.2, 0.25) is 0 Å². The summed E-state index contributed by atoms with van der Waals surface area (Å²) in [6, 6.07) is 3.83. The fraction of sp³-hybridized carbons (Fsp3) is 0.538. The van der Waals surface area contributed by atoms with E-state index in [4.69, 9.17) is 5.73 Å². The number of hydrogen-bond donors (Lipinski definition) is 1. The molecule has 2 atom stereocenters. The van der Waals surface area contributed by atoms with Gasteiger partial charge in [0.15, 0.2) is 0 Å². The van der Waals surface area contributed by atoms with E-state index in [0.29, 0.717) is 24.6 Å². The Kier molecular flexibility index (Phi) is 4.49. The first-order valence-corrected chi connectivity index (χ1v) is 6.78. The molecule has 1 heterocycles. The van der Waals surface area contributed by atoms with E-state index in [1.165, 1.54) is 12.1 Å². The van der Waals surface area contributed by atoms with Gasteiger partial charge >= 0.3 is 0 Å². The molecule has 0 aliphatic carbocycles. The van der Waals surface area contributed by atoms with Crippen LogP contribution in [-0.4, -0.2) is 33.9 Å². The Bertz CT molecular complexity index is 563. The van der Waals surface area contributed by atoms with E-state index in [1.54, 1.807) is 0 Å². The lowest BCUT2D eigenvalue weighted by atomic mass is 9.94. The topological polar surface area (TPSA) is 116 Å². The lowest BCUT2D eigenvalue weighted by Gasteiger charge is -2.34. The summed E-state index contributed by atoms with van der Waals surface area (Å²) in [6.07, 6.45) is 0.946. The van der Waals surface area contributed by atoms with Crippen molar-refractivity contribution in [1.29, 1.82) is 0 Å². The summed E-state index contributed by atoms with van der Waals surface area (Å²) >= 11 is 0. The molecule has 0 amide bonds. The Hall–Kier alpha value is -2.06. The van der Waals surface area contributed by atoms with Crippen LogP contribution in [0.2, 0.25) is 0 Å². The van der Waals surface area contributed by atoms with Crippen LogP contribution in [0.4, 0.5) is 11.4 Å². The van der Waals surface area contributed by atoms with Crippen LogP contribution < -0.4 is 5.73 Å². The quantitative estimate of drug-likeness (QED) is 0.667. The molecule has 0 aromatic heterocycles. The predicted octanol–water partition coefficient (Wildman–Crippen LogP) is 1.67. The number of nitrogens with zero attached hydrogens (tertiary/aromatic N) is 3. The molecule has 1 fully saturated rings. The second-order valence-corrected chi connectivity index (χ2v) is 5.49. The predicted molar refractivity (Wildman–Crippen MR) is 76.8 cm³/mol. The highest BCUT2D eigenvalue weighted by Crippen LogP contribution is 2.27. The third kappa shape index (κ3) is 3.53. The van der Waals surface area contributed by atoms with Gasteiger partial charge in [0.1, 0.15) is 0 Å². The molecule has 1 aliphatic heterocycles. The highest BCUT2D eigenvalue weighted by Gasteiger charge is 2.26. The van der Waals surface area contributed by atoms with Crippen molar-refractivity contribution in [1.82, 2.24) is 4.90 Å². The van der Waals surface area contributed by atoms with Crippen molar-refractivity contribution in [3.63, 3.8) is 0 Å². The highest BCUT2D eigenvalue weighted by atomic mass is 16.6. The Labute approximate surface area is 121 Å². The molecule has 8 heteroatoms. The van der Waals surface area contributed by atoms with Crippen molar-refractivity contribution >= 4 is 11.4 Å². The molecule has 114 valence electrons. The van der Waals surface area contributed by atoms with Crippen LogP contribution in [0.1, 0.15) is 18.9 Å². The van der Waals surface area contributed by atoms with E-state index < -0.39 is 9.85 Å². The molecule has 0 radical (unpaired) electrons. The van der Waals surface area contributed by atoms with E-state index in [2.05, 4.69) is 11.8 Å². The van der Waals surface area contributed by atoms with Gasteiger partial charge in [-0.25, -0.2) is 0 Å². The van der Waals surface area contributed by atoms with Crippen molar-refractivity contribution in [2.24, 2.45) is 11.7 Å². The number of likely N-dealkylation sites (tertiary alicyclic amines) is 1. The number of non-ortho nitro benzene ring substituents is 1. The van der Waals surface area contributed by atoms with Crippen LogP contribution in [0.15, 0.2) is 18.2 Å². The lowest BCUT2D eigenvalue weighted by Crippen LogP contribution is -2.47. The minimum Gasteiger partial charge on any atom is -0.326 e. The summed E-state index contributed by atoms with van der Waals surface area (Å²) < 4.78 is 0. The minimum absolute atomic E-state index is 0.0517. The molecule has 2 rings (SSSR count). The zero-order chi connectivity index (χ0) is 15.6. The molecule has 2 N–H and O–H groups in total. The van der Waals surface area contributed by atoms with E-state index in [0.717, 1.165) is 19.0 Å². The molecule has 1 aromatic carbocycles. The van der Waals surface area contributed by atoms with E-state index in [1.807, 2.05) is 0 Å². The van der Waals surface area contributed by atoms with Crippen molar-refractivity contribution in [2.45, 2.75) is 25.9 Å². The van der Waals surface area contributed by atoms with Gasteiger partial charge in [-0.15, -0.1) is 0 Å². The monoisotopic (exact) mass is 294 g/mol. The standard InChI is InChI=1S/C13H18N4O4/c1-9-4-5-15(8-12(9)14)7-10-2-3-11(16(18)19)6-13(10)17(20)21/h2-3,6,9,12H,4-5,7-8,14H2,1H3. The van der Waals surface area contributed by atoms with Crippen LogP contribution in [0.3, 0.4) is 0 Å². The van der Waals surface area contributed by atoms with Crippen LogP contribution in [0.5, 0.6) is 0 Å². The van der Waals surface area contributed by atoms with Crippen LogP contribution in [0, 0.1) is 26.1 Å². The van der Waals surface area contributed by atoms with Gasteiger partial charge < -0.3 is 5.73 Å². The molecule has 8 nitrogen and oxygen atoms in total. The van der Waals surface area contributed by atoms with Gasteiger partial charge in [-0.2, -0.15) is 0 Å². The van der Waals surface area contributed by atoms with Gasteiger partial charge in [0.25, 0.3) is 11.4 Å². The summed E-state index contributed by atoms with van der Waals surface area (Å²) in [5.41, 5.74) is 6.02. The van der Waals surface area contributed by atoms with Crippen LogP contribution in [0.25, 0.3) is 0 Å². The van der Waals surface area contributed by atoms with Crippen molar-refractivity contribution < 1.29 is 9.85 Å². The van der Waals surface area contributed by atoms with Gasteiger partial charge in [-0.1, -0.05) is 6.92 Å². The number of piperidine rings is 1. The molecule has 21 heavy (non-hydrogen) atoms. The summed E-state index contributed by atoms with van der Waals surface area (Å²) in [7, 11) is 0. The number of rotatable bonds is 4. The SMILES string of the molecule is CC1CCN(Cc2ccc([N+](=O)[O-])cc2[N+](=O)[O-])CC1N. The number of nitro groups is 2. The third-order valence-electron chi connectivity index (χ3n) is 3.97. The first-order valence-electron chi connectivity index (χ1n) is 6.78. The summed E-state index contributed by atoms with van der Waals surface area (Å²) in [5, 5.41) is 21.8. The molecule has 0 saturated carbocycles. The zero-order valence-corrected chi connectivity index (χ0v) is 11.8. The zero-order valence-electron chi connectivity index (χ0n) is 11.8. The number of benzene rings is 1. The van der Waals surface area contributed by atoms with E-state index in [9.17, 15) is 20.2 Å². The van der Waals surface area contributed by atoms with E-state index >= 15 is 0 Å². The maximum Gasteiger partial charge on any atom is 0.280 e. The van der Waals surface area contributed by atoms with Crippen molar-refractivity contribution in [3.05, 3.63) is 44.0 Å². The molecule has 0 spiro atoms. The van der Waals surface area contributed by atoms with Gasteiger partial charge in [-0.05, 0) is 24.9 Å². The van der Waals surface area contributed by atoms with E-state index in [-0.39, 0.29) is 17.4 Å². The fourth-order valence-electron chi connectivity index (χ4n) is 2.52. The molecular weight excluding hydrogens is 276 g/mol. The molecule has 1 saturated heterocycles. The van der Waals surface area contributed by atoms with Gasteiger partial charge in [-0.3, -0.25) is 25.1 Å². The smallest absolute Gasteiger partial charge is 0.280 e. The first-order chi connectivity index (χ1) is 9.88. The molecule has 0 bridgehead atoms. The Balaban J connectivity index is 2.19. The second kappa shape index (κ2) is 6.15. The number of hydrogen-bond acceptors (Lipinski definition) is 6. The molecule has 1 aromatic rings. The van der Waals surface area contributed by atoms with Gasteiger partial charge in [0.05, 0.1) is 15.9 Å². The summed E-state index contributed by atoms with van der Waals surface area (Å²) in [5.74, 6) is 0.438. The number of nitro benzene ring substituents is 2. The Morgan fingerprint density at radius 3 is 2.62 bits per heavy atom. The summed E-state index contributed by atoms with van der Waals surface area (Å²) in [4.78, 5) is 22.7. The van der Waals surface area contributed by atoms with Crippen molar-refractivity contribution in [2.75, 3.05) is 13.1 Å². The fourth-order valence-corrected chi connectivity index (χ4v) is 2.52. The van der Waals surface area contributed by atoms with Gasteiger partial charge in [0, 0.05) is 30.8 Å². The third-order valence-corrected chi connectivity index (χ3v) is 3.97. The number of nitrogens with two attached hydrogens (primary N) is 1. The average Bonchev–Trinajstić information content (AvgIpc) is 2.43. The Morgan fingerprint density at radius 2 is 2.05 bits per heavy atom. The maximum atomic E-state index is 11.1. The normalized spacial score (nSPS) is 23.0. The maximum absolute atomic E-state index is 11.1. The Morgan fingerprint density at radius 1 is 1.33 bits per heavy atom. The largest absolute Gasteiger partial charge is 0.326 e. The molecule has 2 unspecified atom stereocenters. The van der Waals surface area contributed by atoms with Crippen LogP contribution in [-0.2, 0) is 6.54 Å². The first kappa shape index (κ1) is 15.3.